The van der Waals surface area contributed by atoms with Crippen LogP contribution in [0.1, 0.15) is 17.3 Å². The van der Waals surface area contributed by atoms with E-state index in [1.165, 1.54) is 6.92 Å². The number of hydrogen-bond acceptors (Lipinski definition) is 3. The third-order valence-corrected chi connectivity index (χ3v) is 7.73. The molecule has 0 aliphatic heterocycles. The molecule has 0 aromatic heterocycles. The molecule has 0 amide bonds. The molecule has 6 heteroatoms. The maximum atomic E-state index is 12.4. The molecule has 2 rings (SSSR count). The van der Waals surface area contributed by atoms with Crippen LogP contribution in [0.25, 0.3) is 11.1 Å². The van der Waals surface area contributed by atoms with Crippen molar-refractivity contribution in [2.24, 2.45) is 0 Å². The van der Waals surface area contributed by atoms with E-state index in [4.69, 9.17) is 11.6 Å². The van der Waals surface area contributed by atoms with Gasteiger partial charge in [-0.3, -0.25) is 4.79 Å². The van der Waals surface area contributed by atoms with Crippen LogP contribution in [-0.4, -0.2) is 23.1 Å². The van der Waals surface area contributed by atoms with E-state index < -0.39 is 18.7 Å². The fourth-order valence-corrected chi connectivity index (χ4v) is 4.05. The number of ketones is 1. The number of hydrogen-bond donors (Lipinski definition) is 0. The highest BCUT2D eigenvalue weighted by Crippen LogP contribution is 2.35. The van der Waals surface area contributed by atoms with Crippen LogP contribution in [0.3, 0.4) is 0 Å². The van der Waals surface area contributed by atoms with Crippen molar-refractivity contribution in [1.82, 2.24) is 0 Å². The van der Waals surface area contributed by atoms with E-state index >= 15 is 0 Å². The van der Waals surface area contributed by atoms with E-state index in [-0.39, 0.29) is 11.3 Å². The van der Waals surface area contributed by atoms with E-state index in [0.717, 1.165) is 11.1 Å². The zero-order valence-electron chi connectivity index (χ0n) is 11.8. The summed E-state index contributed by atoms with van der Waals surface area (Å²) in [5.41, 5.74) is 2.19. The van der Waals surface area contributed by atoms with E-state index in [1.807, 2.05) is 30.3 Å². The van der Waals surface area contributed by atoms with Crippen molar-refractivity contribution < 1.29 is 13.2 Å². The molecule has 3 nitrogen and oxygen atoms in total. The lowest BCUT2D eigenvalue weighted by Crippen LogP contribution is -2.36. The maximum Gasteiger partial charge on any atom is 0.261 e. The first-order chi connectivity index (χ1) is 10.3. The summed E-state index contributed by atoms with van der Waals surface area (Å²) in [6.45, 7) is 1.44. The Morgan fingerprint density at radius 3 is 2.05 bits per heavy atom. The average molecular weight is 402 g/mol. The smallest absolute Gasteiger partial charge is 0.261 e. The van der Waals surface area contributed by atoms with Crippen molar-refractivity contribution in [2.45, 2.75) is 10.0 Å². The van der Waals surface area contributed by atoms with Gasteiger partial charge in [-0.15, -0.1) is 0 Å². The molecule has 0 saturated carbocycles. The number of Topliss-reactive ketones (excluding diaryl/α,β-unsaturated/α-hetero) is 1. The van der Waals surface area contributed by atoms with Gasteiger partial charge in [-0.05, 0) is 27.1 Å². The van der Waals surface area contributed by atoms with Crippen LogP contribution in [0.15, 0.2) is 54.6 Å². The van der Waals surface area contributed by atoms with Crippen molar-refractivity contribution in [1.29, 1.82) is 0 Å². The number of carbonyl (C=O) groups excluding carboxylic acids is 1. The Balaban J connectivity index is 2.33. The molecule has 0 radical (unpaired) electrons. The average Bonchev–Trinajstić information content (AvgIpc) is 2.55. The van der Waals surface area contributed by atoms with Crippen LogP contribution in [0.5, 0.6) is 0 Å². The standard InChI is InChI=1S/C16H14BrClO3S/c1-2-22(20,21)16(17,18)15(19)14-10-8-13(9-11-14)12-6-4-3-5-7-12/h3-11H,2H2,1H3/t16-/m1/s1. The highest BCUT2D eigenvalue weighted by Gasteiger charge is 2.45. The lowest BCUT2D eigenvalue weighted by Gasteiger charge is -2.18. The second kappa shape index (κ2) is 6.52. The van der Waals surface area contributed by atoms with Gasteiger partial charge in [0, 0.05) is 5.56 Å². The fraction of sp³-hybridized carbons (Fsp3) is 0.188. The highest BCUT2D eigenvalue weighted by atomic mass is 79.9. The van der Waals surface area contributed by atoms with E-state index in [1.54, 1.807) is 24.3 Å². The van der Waals surface area contributed by atoms with Crippen molar-refractivity contribution in [3.05, 3.63) is 60.2 Å². The Morgan fingerprint density at radius 1 is 1.05 bits per heavy atom. The molecule has 0 fully saturated rings. The Hall–Kier alpha value is -1.17. The normalized spacial score (nSPS) is 14.3. The Bertz CT molecular complexity index is 769. The summed E-state index contributed by atoms with van der Waals surface area (Å²) in [6.07, 6.45) is 0. The first-order valence-corrected chi connectivity index (χ1v) is 9.42. The number of rotatable bonds is 5. The molecule has 0 aliphatic rings. The first-order valence-electron chi connectivity index (χ1n) is 6.60. The van der Waals surface area contributed by atoms with Gasteiger partial charge in [0.2, 0.25) is 5.78 Å². The van der Waals surface area contributed by atoms with Gasteiger partial charge in [-0.2, -0.15) is 0 Å². The van der Waals surface area contributed by atoms with Crippen molar-refractivity contribution in [3.63, 3.8) is 0 Å². The van der Waals surface area contributed by atoms with E-state index in [9.17, 15) is 13.2 Å². The van der Waals surface area contributed by atoms with Crippen molar-refractivity contribution >= 4 is 43.2 Å². The minimum Gasteiger partial charge on any atom is -0.290 e. The maximum absolute atomic E-state index is 12.4. The Labute approximate surface area is 143 Å². The summed E-state index contributed by atoms with van der Waals surface area (Å²) in [5.74, 6) is -0.911. The molecule has 22 heavy (non-hydrogen) atoms. The zero-order chi connectivity index (χ0) is 16.4. The van der Waals surface area contributed by atoms with Gasteiger partial charge in [-0.1, -0.05) is 73.1 Å². The number of halogens is 2. The van der Waals surface area contributed by atoms with Crippen LogP contribution in [0, 0.1) is 0 Å². The van der Waals surface area contributed by atoms with Crippen LogP contribution >= 0.6 is 27.5 Å². The van der Waals surface area contributed by atoms with Gasteiger partial charge >= 0.3 is 0 Å². The lowest BCUT2D eigenvalue weighted by atomic mass is 10.0. The van der Waals surface area contributed by atoms with Gasteiger partial charge in [0.25, 0.3) is 3.12 Å². The summed E-state index contributed by atoms with van der Waals surface area (Å²) in [6, 6.07) is 16.4. The largest absolute Gasteiger partial charge is 0.290 e. The summed E-state index contributed by atoms with van der Waals surface area (Å²) < 4.78 is 21.7. The number of carbonyl (C=O) groups is 1. The van der Waals surface area contributed by atoms with Crippen molar-refractivity contribution in [3.8, 4) is 11.1 Å². The van der Waals surface area contributed by atoms with E-state index in [2.05, 4.69) is 15.9 Å². The predicted molar refractivity (Wildman–Crippen MR) is 93.2 cm³/mol. The minimum absolute atomic E-state index is 0.227. The van der Waals surface area contributed by atoms with Crippen molar-refractivity contribution in [2.75, 3.05) is 5.75 Å². The van der Waals surface area contributed by atoms with Crippen LogP contribution in [0.2, 0.25) is 0 Å². The lowest BCUT2D eigenvalue weighted by molar-refractivity contribution is 0.1000. The van der Waals surface area contributed by atoms with Gasteiger partial charge in [0.15, 0.2) is 9.84 Å². The van der Waals surface area contributed by atoms with Gasteiger partial charge in [-0.25, -0.2) is 8.42 Å². The number of alkyl halides is 2. The SMILES string of the molecule is CCS(=O)(=O)[C@@](Cl)(Br)C(=O)c1ccc(-c2ccccc2)cc1. The van der Waals surface area contributed by atoms with Gasteiger partial charge in [0.1, 0.15) is 0 Å². The molecule has 0 heterocycles. The molecule has 0 unspecified atom stereocenters. The predicted octanol–water partition coefficient (Wildman–Crippen LogP) is 4.26. The fourth-order valence-electron chi connectivity index (χ4n) is 1.94. The molecule has 116 valence electrons. The number of benzene rings is 2. The summed E-state index contributed by atoms with van der Waals surface area (Å²) in [7, 11) is -3.77. The molecule has 0 spiro atoms. The minimum atomic E-state index is -3.77. The topological polar surface area (TPSA) is 51.2 Å². The second-order valence-electron chi connectivity index (χ2n) is 4.69. The summed E-state index contributed by atoms with van der Waals surface area (Å²) >= 11 is 8.81. The van der Waals surface area contributed by atoms with Crippen LogP contribution in [-0.2, 0) is 9.84 Å². The molecule has 0 bridgehead atoms. The summed E-state index contributed by atoms with van der Waals surface area (Å²) in [5, 5.41) is 0. The molecule has 1 atom stereocenters. The molecule has 0 saturated heterocycles. The second-order valence-corrected chi connectivity index (χ2v) is 10.1. The highest BCUT2D eigenvalue weighted by molar-refractivity contribution is 9.12. The Kier molecular flexibility index (Phi) is 5.10. The monoisotopic (exact) mass is 400 g/mol. The molecular formula is C16H14BrClO3S. The van der Waals surface area contributed by atoms with Crippen LogP contribution in [0.4, 0.5) is 0 Å². The summed E-state index contributed by atoms with van der Waals surface area (Å²) in [4.78, 5) is 12.4. The van der Waals surface area contributed by atoms with Gasteiger partial charge in [0.05, 0.1) is 5.75 Å². The van der Waals surface area contributed by atoms with Crippen LogP contribution < -0.4 is 0 Å². The first kappa shape index (κ1) is 17.2. The third kappa shape index (κ3) is 3.26. The molecular weight excluding hydrogens is 388 g/mol. The molecule has 2 aromatic carbocycles. The molecule has 0 aliphatic carbocycles. The molecule has 0 N–H and O–H groups in total. The molecule has 2 aromatic rings. The Morgan fingerprint density at radius 2 is 1.55 bits per heavy atom. The number of sulfone groups is 1. The zero-order valence-corrected chi connectivity index (χ0v) is 15.0. The van der Waals surface area contributed by atoms with E-state index in [0.29, 0.717) is 0 Å². The van der Waals surface area contributed by atoms with Gasteiger partial charge < -0.3 is 0 Å². The third-order valence-electron chi connectivity index (χ3n) is 3.29. The quantitative estimate of drug-likeness (QED) is 0.555.